The monoisotopic (exact) mass is 293 g/mol. The van der Waals surface area contributed by atoms with E-state index in [1.807, 2.05) is 12.1 Å². The van der Waals surface area contributed by atoms with E-state index in [0.29, 0.717) is 27.3 Å². The molecule has 0 spiro atoms. The Morgan fingerprint density at radius 2 is 1.89 bits per heavy atom. The van der Waals surface area contributed by atoms with Crippen molar-refractivity contribution in [3.63, 3.8) is 0 Å². The number of aryl methyl sites for hydroxylation is 1. The van der Waals surface area contributed by atoms with Crippen molar-refractivity contribution in [1.29, 1.82) is 0 Å². The van der Waals surface area contributed by atoms with Crippen LogP contribution in [0, 0.1) is 6.92 Å². The number of nitrogens with one attached hydrogen (secondary N) is 1. The van der Waals surface area contributed by atoms with Gasteiger partial charge in [-0.25, -0.2) is 4.98 Å². The summed E-state index contributed by atoms with van der Waals surface area (Å²) in [6.07, 6.45) is 0. The predicted octanol–water partition coefficient (Wildman–Crippen LogP) is 3.90. The number of fused-ring (bicyclic) bond motifs is 1. The summed E-state index contributed by atoms with van der Waals surface area (Å²) >= 11 is 11.9. The Hall–Kier alpha value is -1.78. The molecular formula is C13H9Cl2N3O. The van der Waals surface area contributed by atoms with Crippen LogP contribution in [-0.2, 0) is 0 Å². The SMILES string of the molecule is Cc1nc(O)c2nc(-c3ccc(Cl)c(Cl)c3)cc-2[nH]1. The Morgan fingerprint density at radius 1 is 1.11 bits per heavy atom. The summed E-state index contributed by atoms with van der Waals surface area (Å²) in [5.41, 5.74) is 2.70. The van der Waals surface area contributed by atoms with E-state index >= 15 is 0 Å². The predicted molar refractivity (Wildman–Crippen MR) is 74.9 cm³/mol. The molecule has 19 heavy (non-hydrogen) atoms. The van der Waals surface area contributed by atoms with Gasteiger partial charge in [-0.1, -0.05) is 29.3 Å². The minimum Gasteiger partial charge on any atom is -0.492 e. The Bertz CT molecular complexity index is 739. The van der Waals surface area contributed by atoms with Gasteiger partial charge in [-0.2, -0.15) is 4.98 Å². The third-order valence-electron chi connectivity index (χ3n) is 2.78. The molecule has 6 heteroatoms. The highest BCUT2D eigenvalue weighted by Gasteiger charge is 2.16. The lowest BCUT2D eigenvalue weighted by atomic mass is 10.1. The van der Waals surface area contributed by atoms with Crippen molar-refractivity contribution < 1.29 is 5.11 Å². The second kappa shape index (κ2) is 4.40. The first-order valence-corrected chi connectivity index (χ1v) is 6.32. The maximum Gasteiger partial charge on any atom is 0.241 e. The molecule has 1 aromatic carbocycles. The number of aromatic nitrogens is 3. The molecule has 0 bridgehead atoms. The van der Waals surface area contributed by atoms with Gasteiger partial charge in [0.25, 0.3) is 0 Å². The number of H-pyrrole nitrogens is 1. The fraction of sp³-hybridized carbons (Fsp3) is 0.0769. The van der Waals surface area contributed by atoms with E-state index in [0.717, 1.165) is 11.3 Å². The van der Waals surface area contributed by atoms with Crippen molar-refractivity contribution in [2.24, 2.45) is 0 Å². The van der Waals surface area contributed by atoms with Gasteiger partial charge in [0.05, 0.1) is 21.4 Å². The zero-order valence-electron chi connectivity index (χ0n) is 9.91. The van der Waals surface area contributed by atoms with Gasteiger partial charge in [0, 0.05) is 5.56 Å². The third-order valence-corrected chi connectivity index (χ3v) is 3.52. The number of benzene rings is 1. The Kier molecular flexibility index (Phi) is 2.84. The number of halogens is 2. The molecule has 96 valence electrons. The first-order chi connectivity index (χ1) is 9.04. The maximum absolute atomic E-state index is 9.77. The molecule has 2 N–H and O–H groups in total. The quantitative estimate of drug-likeness (QED) is 0.715. The van der Waals surface area contributed by atoms with Gasteiger partial charge in [-0.05, 0) is 25.1 Å². The van der Waals surface area contributed by atoms with Crippen LogP contribution in [0.25, 0.3) is 22.6 Å². The number of hydrogen-bond acceptors (Lipinski definition) is 3. The molecule has 0 aromatic heterocycles. The molecule has 3 rings (SSSR count). The summed E-state index contributed by atoms with van der Waals surface area (Å²) in [5.74, 6) is 0.538. The molecule has 4 nitrogen and oxygen atoms in total. The average molecular weight is 294 g/mol. The van der Waals surface area contributed by atoms with E-state index in [4.69, 9.17) is 23.2 Å². The summed E-state index contributed by atoms with van der Waals surface area (Å²) in [5, 5.41) is 10.7. The highest BCUT2D eigenvalue weighted by molar-refractivity contribution is 6.42. The second-order valence-electron chi connectivity index (χ2n) is 4.18. The Labute approximate surface area is 119 Å². The number of aromatic amines is 1. The first-order valence-electron chi connectivity index (χ1n) is 5.56. The first kappa shape index (κ1) is 12.3. The van der Waals surface area contributed by atoms with E-state index in [1.165, 1.54) is 0 Å². The lowest BCUT2D eigenvalue weighted by molar-refractivity contribution is 0.450. The molecular weight excluding hydrogens is 285 g/mol. The molecule has 0 aliphatic carbocycles. The van der Waals surface area contributed by atoms with Gasteiger partial charge >= 0.3 is 0 Å². The molecule has 0 fully saturated rings. The smallest absolute Gasteiger partial charge is 0.241 e. The highest BCUT2D eigenvalue weighted by Crippen LogP contribution is 2.34. The van der Waals surface area contributed by atoms with Crippen LogP contribution in [0.15, 0.2) is 24.3 Å². The van der Waals surface area contributed by atoms with Crippen molar-refractivity contribution in [3.05, 3.63) is 40.1 Å². The van der Waals surface area contributed by atoms with Gasteiger partial charge < -0.3 is 10.1 Å². The molecule has 2 heterocycles. The molecule has 0 saturated heterocycles. The van der Waals surface area contributed by atoms with Crippen molar-refractivity contribution in [3.8, 4) is 28.5 Å². The van der Waals surface area contributed by atoms with Crippen molar-refractivity contribution in [1.82, 2.24) is 15.0 Å². The minimum absolute atomic E-state index is 0.0856. The fourth-order valence-corrected chi connectivity index (χ4v) is 2.22. The molecule has 0 atom stereocenters. The zero-order valence-corrected chi connectivity index (χ0v) is 11.4. The molecule has 2 aliphatic rings. The molecule has 0 saturated carbocycles. The van der Waals surface area contributed by atoms with E-state index in [9.17, 15) is 5.11 Å². The lowest BCUT2D eigenvalue weighted by Gasteiger charge is -2.01. The van der Waals surface area contributed by atoms with Crippen LogP contribution >= 0.6 is 23.2 Å². The van der Waals surface area contributed by atoms with Crippen LogP contribution in [0.4, 0.5) is 0 Å². The summed E-state index contributed by atoms with van der Waals surface area (Å²) in [6, 6.07) is 7.12. The van der Waals surface area contributed by atoms with Crippen LogP contribution in [0.1, 0.15) is 5.82 Å². The topological polar surface area (TPSA) is 61.8 Å². The fourth-order valence-electron chi connectivity index (χ4n) is 1.92. The van der Waals surface area contributed by atoms with Gasteiger partial charge in [0.2, 0.25) is 5.88 Å². The molecule has 1 aromatic rings. The number of rotatable bonds is 1. The summed E-state index contributed by atoms with van der Waals surface area (Å²) in [4.78, 5) is 11.3. The van der Waals surface area contributed by atoms with Crippen LogP contribution < -0.4 is 0 Å². The number of hydrogen-bond donors (Lipinski definition) is 2. The van der Waals surface area contributed by atoms with E-state index in [2.05, 4.69) is 15.0 Å². The van der Waals surface area contributed by atoms with Crippen molar-refractivity contribution in [2.75, 3.05) is 0 Å². The van der Waals surface area contributed by atoms with Crippen LogP contribution in [0.2, 0.25) is 10.0 Å². The van der Waals surface area contributed by atoms with Crippen LogP contribution in [-0.4, -0.2) is 20.1 Å². The van der Waals surface area contributed by atoms with Gasteiger partial charge in [0.15, 0.2) is 0 Å². The summed E-state index contributed by atoms with van der Waals surface area (Å²) in [7, 11) is 0. The second-order valence-corrected chi connectivity index (χ2v) is 4.99. The zero-order chi connectivity index (χ0) is 13.6. The van der Waals surface area contributed by atoms with Gasteiger partial charge in [-0.15, -0.1) is 0 Å². The minimum atomic E-state index is -0.0856. The Balaban J connectivity index is 2.18. The van der Waals surface area contributed by atoms with Gasteiger partial charge in [-0.3, -0.25) is 0 Å². The highest BCUT2D eigenvalue weighted by atomic mass is 35.5. The van der Waals surface area contributed by atoms with Crippen molar-refractivity contribution >= 4 is 23.2 Å². The molecule has 2 aliphatic heterocycles. The largest absolute Gasteiger partial charge is 0.492 e. The molecule has 0 amide bonds. The number of nitrogens with zero attached hydrogens (tertiary/aromatic N) is 2. The van der Waals surface area contributed by atoms with E-state index < -0.39 is 0 Å². The normalized spacial score (nSPS) is 11.1. The maximum atomic E-state index is 9.77. The summed E-state index contributed by atoms with van der Waals surface area (Å²) < 4.78 is 0. The molecule has 0 unspecified atom stereocenters. The van der Waals surface area contributed by atoms with Crippen molar-refractivity contribution in [2.45, 2.75) is 6.92 Å². The average Bonchev–Trinajstić information content (AvgIpc) is 2.76. The van der Waals surface area contributed by atoms with E-state index in [1.54, 1.807) is 19.1 Å². The number of aromatic hydroxyl groups is 1. The van der Waals surface area contributed by atoms with Crippen LogP contribution in [0.3, 0.4) is 0 Å². The standard InChI is InChI=1S/C13H9Cl2N3O/c1-6-16-11-5-10(18-12(11)13(19)17-6)7-2-3-8(14)9(15)4-7/h2-5,19H,1H3,(H,16,17). The van der Waals surface area contributed by atoms with Crippen LogP contribution in [0.5, 0.6) is 5.88 Å². The third kappa shape index (κ3) is 2.13. The summed E-state index contributed by atoms with van der Waals surface area (Å²) in [6.45, 7) is 1.77. The van der Waals surface area contributed by atoms with E-state index in [-0.39, 0.29) is 5.88 Å². The van der Waals surface area contributed by atoms with Gasteiger partial charge in [0.1, 0.15) is 11.5 Å². The molecule has 0 radical (unpaired) electrons. The Morgan fingerprint density at radius 3 is 2.63 bits per heavy atom. The lowest BCUT2D eigenvalue weighted by Crippen LogP contribution is -1.91.